The van der Waals surface area contributed by atoms with Crippen molar-refractivity contribution in [3.63, 3.8) is 0 Å². The van der Waals surface area contributed by atoms with Gasteiger partial charge in [-0.05, 0) is 19.9 Å². The molecule has 2 rings (SSSR count). The summed E-state index contributed by atoms with van der Waals surface area (Å²) in [6.45, 7) is 3.84. The fourth-order valence-corrected chi connectivity index (χ4v) is 4.95. The number of rotatable bonds is 2. The molecule has 2 unspecified atom stereocenters. The zero-order chi connectivity index (χ0) is 13.0. The van der Waals surface area contributed by atoms with E-state index in [9.17, 15) is 8.42 Å². The first-order chi connectivity index (χ1) is 7.71. The normalized spacial score (nSPS) is 32.5. The van der Waals surface area contributed by atoms with E-state index >= 15 is 0 Å². The smallest absolute Gasteiger partial charge is 0.299 e. The van der Waals surface area contributed by atoms with Crippen LogP contribution in [-0.4, -0.2) is 26.8 Å². The lowest BCUT2D eigenvalue weighted by molar-refractivity contribution is 0.550. The third-order valence-electron chi connectivity index (χ3n) is 3.68. The summed E-state index contributed by atoms with van der Waals surface area (Å²) in [6.07, 6.45) is 1.25. The molecule has 1 heterocycles. The lowest BCUT2D eigenvalue weighted by atomic mass is 10.3. The Hall–Kier alpha value is -0.780. The number of hydrogen-bond acceptors (Lipinski definition) is 3. The summed E-state index contributed by atoms with van der Waals surface area (Å²) < 4.78 is 24.0. The fraction of sp³-hybridized carbons (Fsp3) is 0.455. The van der Waals surface area contributed by atoms with E-state index in [0.717, 1.165) is 0 Å². The molecular weight excluding hydrogens is 260 g/mol. The minimum atomic E-state index is -3.25. The van der Waals surface area contributed by atoms with E-state index in [2.05, 4.69) is 0 Å². The summed E-state index contributed by atoms with van der Waals surface area (Å²) in [5.74, 6) is 0. The standard InChI is InChI=1S/C11H16ClN2O2S/c1-7-8(2)14(7,17(3,15)16)11-5-9(12)4-10(13)6-11/h4-8H,13H2,1-3H3/q+1/t7-,8?,14?/m0/s1. The summed E-state index contributed by atoms with van der Waals surface area (Å²) in [6, 6.07) is 5.04. The van der Waals surface area contributed by atoms with Crippen LogP contribution in [0.4, 0.5) is 11.4 Å². The number of hydrogen-bond donors (Lipinski definition) is 1. The molecule has 0 aliphatic carbocycles. The SMILES string of the molecule is CC1[C@H](C)[N+]1(c1cc(N)cc(Cl)c1)S(C)(=O)=O. The second-order valence-electron chi connectivity index (χ2n) is 4.67. The molecule has 1 fully saturated rings. The molecule has 0 spiro atoms. The number of nitrogen functional groups attached to an aromatic ring is 1. The van der Waals surface area contributed by atoms with E-state index in [0.29, 0.717) is 16.4 Å². The molecule has 17 heavy (non-hydrogen) atoms. The zero-order valence-electron chi connectivity index (χ0n) is 10.0. The van der Waals surface area contributed by atoms with E-state index in [1.165, 1.54) is 6.26 Å². The van der Waals surface area contributed by atoms with E-state index in [4.69, 9.17) is 17.3 Å². The molecule has 1 aliphatic heterocycles. The first-order valence-corrected chi connectivity index (χ1v) is 7.59. The van der Waals surface area contributed by atoms with Gasteiger partial charge in [0.2, 0.25) is 0 Å². The van der Waals surface area contributed by atoms with Crippen LogP contribution in [0.25, 0.3) is 0 Å². The molecule has 0 radical (unpaired) electrons. The van der Waals surface area contributed by atoms with Gasteiger partial charge in [0.05, 0.1) is 6.26 Å². The number of anilines is 1. The third-order valence-corrected chi connectivity index (χ3v) is 5.87. The lowest BCUT2D eigenvalue weighted by Crippen LogP contribution is -2.37. The molecule has 1 aromatic rings. The molecular formula is C11H16ClN2O2S+. The monoisotopic (exact) mass is 275 g/mol. The lowest BCUT2D eigenvalue weighted by Gasteiger charge is -2.18. The van der Waals surface area contributed by atoms with Crippen molar-refractivity contribution in [1.29, 1.82) is 0 Å². The molecule has 3 atom stereocenters. The van der Waals surface area contributed by atoms with Crippen molar-refractivity contribution < 1.29 is 8.42 Å². The van der Waals surface area contributed by atoms with Crippen LogP contribution < -0.4 is 9.62 Å². The highest BCUT2D eigenvalue weighted by Crippen LogP contribution is 2.49. The second-order valence-corrected chi connectivity index (χ2v) is 7.17. The summed E-state index contributed by atoms with van der Waals surface area (Å²) in [5.41, 5.74) is 6.87. The van der Waals surface area contributed by atoms with Crippen LogP contribution >= 0.6 is 11.6 Å². The Balaban J connectivity index is 2.65. The maximum Gasteiger partial charge on any atom is 0.299 e. The number of halogens is 1. The van der Waals surface area contributed by atoms with Crippen LogP contribution in [0, 0.1) is 0 Å². The quantitative estimate of drug-likeness (QED) is 0.510. The van der Waals surface area contributed by atoms with Gasteiger partial charge in [-0.25, -0.2) is 0 Å². The Labute approximate surface area is 107 Å². The molecule has 0 amide bonds. The molecule has 1 aromatic carbocycles. The maximum atomic E-state index is 12.0. The van der Waals surface area contributed by atoms with Gasteiger partial charge in [-0.3, -0.25) is 0 Å². The maximum absolute atomic E-state index is 12.0. The third kappa shape index (κ3) is 1.64. The molecule has 0 bridgehead atoms. The van der Waals surface area contributed by atoms with Gasteiger partial charge in [0.15, 0.2) is 17.8 Å². The van der Waals surface area contributed by atoms with Gasteiger partial charge in [-0.1, -0.05) is 11.6 Å². The molecule has 4 nitrogen and oxygen atoms in total. The van der Waals surface area contributed by atoms with Gasteiger partial charge in [0.25, 0.3) is 10.0 Å². The minimum Gasteiger partial charge on any atom is -0.399 e. The van der Waals surface area contributed by atoms with E-state index in [1.54, 1.807) is 18.2 Å². The molecule has 1 aliphatic rings. The average Bonchev–Trinajstić information content (AvgIpc) is 2.67. The predicted molar refractivity (Wildman–Crippen MR) is 71.4 cm³/mol. The topological polar surface area (TPSA) is 60.2 Å². The van der Waals surface area contributed by atoms with Crippen molar-refractivity contribution >= 4 is 33.0 Å². The summed E-state index contributed by atoms with van der Waals surface area (Å²) in [4.78, 5) is 0. The Morgan fingerprint density at radius 1 is 1.24 bits per heavy atom. The highest BCUT2D eigenvalue weighted by molar-refractivity contribution is 7.90. The second kappa shape index (κ2) is 3.60. The summed E-state index contributed by atoms with van der Waals surface area (Å²) in [7, 11) is -3.25. The van der Waals surface area contributed by atoms with E-state index in [-0.39, 0.29) is 16.0 Å². The summed E-state index contributed by atoms with van der Waals surface area (Å²) in [5, 5.41) is 0.465. The Bertz CT molecular complexity index is 543. The first-order valence-electron chi connectivity index (χ1n) is 5.36. The van der Waals surface area contributed by atoms with Gasteiger partial charge in [0.1, 0.15) is 0 Å². The van der Waals surface area contributed by atoms with Crippen LogP contribution in [0.15, 0.2) is 18.2 Å². The molecule has 1 saturated heterocycles. The van der Waals surface area contributed by atoms with Crippen LogP contribution in [-0.2, 0) is 10.0 Å². The van der Waals surface area contributed by atoms with Crippen molar-refractivity contribution in [2.24, 2.45) is 0 Å². The Morgan fingerprint density at radius 3 is 2.12 bits per heavy atom. The predicted octanol–water partition coefficient (Wildman–Crippen LogP) is 1.98. The van der Waals surface area contributed by atoms with Crippen molar-refractivity contribution in [1.82, 2.24) is 3.89 Å². The first kappa shape index (κ1) is 12.7. The van der Waals surface area contributed by atoms with Gasteiger partial charge >= 0.3 is 0 Å². The van der Waals surface area contributed by atoms with Crippen LogP contribution in [0.2, 0.25) is 5.02 Å². The minimum absolute atomic E-state index is 0.0304. The van der Waals surface area contributed by atoms with Gasteiger partial charge in [0, 0.05) is 22.8 Å². The number of sulfonamides is 1. The number of nitrogens with two attached hydrogens (primary N) is 1. The fourth-order valence-electron chi connectivity index (χ4n) is 2.72. The highest BCUT2D eigenvalue weighted by atomic mass is 35.5. The van der Waals surface area contributed by atoms with Crippen molar-refractivity contribution in [3.8, 4) is 0 Å². The highest BCUT2D eigenvalue weighted by Gasteiger charge is 2.69. The van der Waals surface area contributed by atoms with Crippen molar-refractivity contribution in [2.75, 3.05) is 12.0 Å². The molecule has 0 saturated carbocycles. The van der Waals surface area contributed by atoms with Crippen molar-refractivity contribution in [3.05, 3.63) is 23.2 Å². The summed E-state index contributed by atoms with van der Waals surface area (Å²) >= 11 is 5.94. The molecule has 94 valence electrons. The van der Waals surface area contributed by atoms with Crippen molar-refractivity contribution in [2.45, 2.75) is 25.9 Å². The zero-order valence-corrected chi connectivity index (χ0v) is 11.6. The van der Waals surface area contributed by atoms with E-state index in [1.807, 2.05) is 13.8 Å². The number of benzene rings is 1. The molecule has 6 heteroatoms. The number of nitrogens with zero attached hydrogens (tertiary/aromatic N) is 1. The largest absolute Gasteiger partial charge is 0.399 e. The van der Waals surface area contributed by atoms with Crippen LogP contribution in [0.5, 0.6) is 0 Å². The van der Waals surface area contributed by atoms with Gasteiger partial charge in [-0.15, -0.1) is 0 Å². The number of quaternary nitrogens is 1. The average molecular weight is 276 g/mol. The van der Waals surface area contributed by atoms with Crippen LogP contribution in [0.3, 0.4) is 0 Å². The Morgan fingerprint density at radius 2 is 1.76 bits per heavy atom. The molecule has 0 aromatic heterocycles. The van der Waals surface area contributed by atoms with E-state index < -0.39 is 10.0 Å². The van der Waals surface area contributed by atoms with Gasteiger partial charge in [-0.2, -0.15) is 12.3 Å². The molecule has 2 N–H and O–H groups in total. The Kier molecular flexibility index (Phi) is 2.69. The van der Waals surface area contributed by atoms with Crippen LogP contribution in [0.1, 0.15) is 13.8 Å². The van der Waals surface area contributed by atoms with Gasteiger partial charge < -0.3 is 5.73 Å².